The third kappa shape index (κ3) is 1.85. The van der Waals surface area contributed by atoms with Crippen molar-refractivity contribution >= 4 is 21.8 Å². The highest BCUT2D eigenvalue weighted by molar-refractivity contribution is 7.89. The van der Waals surface area contributed by atoms with E-state index < -0.39 is 10.0 Å². The molecule has 0 aromatic heterocycles. The maximum absolute atomic E-state index is 11.8. The van der Waals surface area contributed by atoms with Gasteiger partial charge in [0, 0.05) is 12.2 Å². The van der Waals surface area contributed by atoms with E-state index in [9.17, 15) is 8.42 Å². The standard InChI is InChI=1S/C12H14N2O2S/c15-17(16)9-3-8-14(17)12-7-6-10-4-1-2-5-11(10)13-12/h1-2,4-7,12-13H,3,8-9H2. The van der Waals surface area contributed by atoms with Gasteiger partial charge in [0.25, 0.3) is 0 Å². The van der Waals surface area contributed by atoms with Crippen LogP contribution in [0.5, 0.6) is 0 Å². The number of nitrogens with zero attached hydrogens (tertiary/aromatic N) is 1. The van der Waals surface area contributed by atoms with Crippen LogP contribution >= 0.6 is 0 Å². The molecule has 1 atom stereocenters. The van der Waals surface area contributed by atoms with E-state index in [0.29, 0.717) is 6.54 Å². The molecule has 0 amide bonds. The van der Waals surface area contributed by atoms with Crippen molar-refractivity contribution in [1.82, 2.24) is 4.31 Å². The summed E-state index contributed by atoms with van der Waals surface area (Å²) in [5, 5.41) is 3.25. The third-order valence-corrected chi connectivity index (χ3v) is 5.10. The number of sulfonamides is 1. The molecule has 0 saturated carbocycles. The minimum Gasteiger partial charge on any atom is -0.365 e. The Bertz CT molecular complexity index is 566. The molecule has 3 rings (SSSR count). The van der Waals surface area contributed by atoms with Crippen molar-refractivity contribution in [3.63, 3.8) is 0 Å². The van der Waals surface area contributed by atoms with Crippen LogP contribution in [0.25, 0.3) is 6.08 Å². The van der Waals surface area contributed by atoms with Crippen molar-refractivity contribution in [2.45, 2.75) is 12.6 Å². The summed E-state index contributed by atoms with van der Waals surface area (Å²) in [7, 11) is -3.07. The fraction of sp³-hybridized carbons (Fsp3) is 0.333. The highest BCUT2D eigenvalue weighted by Gasteiger charge is 2.34. The smallest absolute Gasteiger partial charge is 0.216 e. The van der Waals surface area contributed by atoms with Crippen molar-refractivity contribution in [1.29, 1.82) is 0 Å². The van der Waals surface area contributed by atoms with Crippen molar-refractivity contribution in [2.75, 3.05) is 17.6 Å². The van der Waals surface area contributed by atoms with Crippen LogP contribution in [0.15, 0.2) is 30.3 Å². The second-order valence-corrected chi connectivity index (χ2v) is 6.36. The highest BCUT2D eigenvalue weighted by Crippen LogP contribution is 2.27. The fourth-order valence-corrected chi connectivity index (χ4v) is 3.92. The molecule has 2 aliphatic heterocycles. The third-order valence-electron chi connectivity index (χ3n) is 3.17. The largest absolute Gasteiger partial charge is 0.365 e. The van der Waals surface area contributed by atoms with Gasteiger partial charge in [0.15, 0.2) is 0 Å². The van der Waals surface area contributed by atoms with Gasteiger partial charge in [-0.15, -0.1) is 0 Å². The number of anilines is 1. The van der Waals surface area contributed by atoms with Crippen LogP contribution in [-0.2, 0) is 10.0 Å². The molecule has 90 valence electrons. The average Bonchev–Trinajstić information content (AvgIpc) is 2.68. The Kier molecular flexibility index (Phi) is 2.45. The van der Waals surface area contributed by atoms with Gasteiger partial charge in [-0.05, 0) is 24.1 Å². The van der Waals surface area contributed by atoms with Gasteiger partial charge in [0.1, 0.15) is 6.17 Å². The first-order valence-electron chi connectivity index (χ1n) is 5.70. The molecule has 2 heterocycles. The van der Waals surface area contributed by atoms with Crippen molar-refractivity contribution in [3.05, 3.63) is 35.9 Å². The monoisotopic (exact) mass is 250 g/mol. The Morgan fingerprint density at radius 2 is 2.12 bits per heavy atom. The molecule has 4 nitrogen and oxygen atoms in total. The SMILES string of the molecule is O=S1(=O)CCCN1C1C=Cc2ccccc2N1. The molecular formula is C12H14N2O2S. The van der Waals surface area contributed by atoms with Gasteiger partial charge < -0.3 is 5.32 Å². The Morgan fingerprint density at radius 3 is 2.88 bits per heavy atom. The molecule has 1 unspecified atom stereocenters. The van der Waals surface area contributed by atoms with Crippen LogP contribution in [0.3, 0.4) is 0 Å². The van der Waals surface area contributed by atoms with E-state index in [4.69, 9.17) is 0 Å². The summed E-state index contributed by atoms with van der Waals surface area (Å²) >= 11 is 0. The number of hydrogen-bond donors (Lipinski definition) is 1. The maximum Gasteiger partial charge on any atom is 0.216 e. The molecule has 1 N–H and O–H groups in total. The second-order valence-electron chi connectivity index (χ2n) is 4.32. The summed E-state index contributed by atoms with van der Waals surface area (Å²) in [6.07, 6.45) is 4.36. The molecule has 0 bridgehead atoms. The fourth-order valence-electron chi connectivity index (χ4n) is 2.32. The Hall–Kier alpha value is -1.33. The summed E-state index contributed by atoms with van der Waals surface area (Å²) in [5.41, 5.74) is 2.09. The van der Waals surface area contributed by atoms with Crippen LogP contribution in [-0.4, -0.2) is 31.2 Å². The van der Waals surface area contributed by atoms with E-state index in [0.717, 1.165) is 17.7 Å². The van der Waals surface area contributed by atoms with E-state index in [-0.39, 0.29) is 11.9 Å². The molecule has 1 fully saturated rings. The van der Waals surface area contributed by atoms with Gasteiger partial charge in [-0.3, -0.25) is 0 Å². The molecular weight excluding hydrogens is 236 g/mol. The Labute approximate surface area is 101 Å². The Morgan fingerprint density at radius 1 is 1.29 bits per heavy atom. The van der Waals surface area contributed by atoms with Gasteiger partial charge in [-0.2, -0.15) is 4.31 Å². The number of fused-ring (bicyclic) bond motifs is 1. The lowest BCUT2D eigenvalue weighted by Crippen LogP contribution is -2.41. The van der Waals surface area contributed by atoms with Crippen molar-refractivity contribution < 1.29 is 8.42 Å². The van der Waals surface area contributed by atoms with Crippen LogP contribution in [0.4, 0.5) is 5.69 Å². The average molecular weight is 250 g/mol. The van der Waals surface area contributed by atoms with Crippen LogP contribution < -0.4 is 5.32 Å². The lowest BCUT2D eigenvalue weighted by Gasteiger charge is -2.28. The molecule has 0 spiro atoms. The number of para-hydroxylation sites is 1. The summed E-state index contributed by atoms with van der Waals surface area (Å²) < 4.78 is 25.2. The van der Waals surface area contributed by atoms with Crippen LogP contribution in [0.2, 0.25) is 0 Å². The number of rotatable bonds is 1. The number of hydrogen-bond acceptors (Lipinski definition) is 3. The summed E-state index contributed by atoms with van der Waals surface area (Å²) in [6.45, 7) is 0.604. The zero-order chi connectivity index (χ0) is 11.9. The zero-order valence-electron chi connectivity index (χ0n) is 9.33. The van der Waals surface area contributed by atoms with Gasteiger partial charge in [0.2, 0.25) is 10.0 Å². The lowest BCUT2D eigenvalue weighted by atomic mass is 10.1. The van der Waals surface area contributed by atoms with Gasteiger partial charge >= 0.3 is 0 Å². The van der Waals surface area contributed by atoms with E-state index >= 15 is 0 Å². The van der Waals surface area contributed by atoms with Gasteiger partial charge in [0.05, 0.1) is 5.75 Å². The van der Waals surface area contributed by atoms with E-state index in [1.165, 1.54) is 0 Å². The van der Waals surface area contributed by atoms with E-state index in [1.807, 2.05) is 36.4 Å². The van der Waals surface area contributed by atoms with E-state index in [2.05, 4.69) is 5.32 Å². The predicted octanol–water partition coefficient (Wildman–Crippen LogP) is 1.49. The highest BCUT2D eigenvalue weighted by atomic mass is 32.2. The zero-order valence-corrected chi connectivity index (χ0v) is 10.2. The van der Waals surface area contributed by atoms with Crippen LogP contribution in [0.1, 0.15) is 12.0 Å². The van der Waals surface area contributed by atoms with Gasteiger partial charge in [-0.25, -0.2) is 8.42 Å². The lowest BCUT2D eigenvalue weighted by molar-refractivity contribution is 0.414. The first kappa shape index (κ1) is 10.8. The topological polar surface area (TPSA) is 49.4 Å². The maximum atomic E-state index is 11.8. The molecule has 1 aromatic rings. The molecule has 0 radical (unpaired) electrons. The molecule has 0 aliphatic carbocycles. The van der Waals surface area contributed by atoms with Crippen LogP contribution in [0, 0.1) is 0 Å². The molecule has 5 heteroatoms. The Balaban J connectivity index is 1.90. The summed E-state index contributed by atoms with van der Waals surface area (Å²) in [6, 6.07) is 7.89. The van der Waals surface area contributed by atoms with Crippen molar-refractivity contribution in [3.8, 4) is 0 Å². The molecule has 17 heavy (non-hydrogen) atoms. The first-order valence-corrected chi connectivity index (χ1v) is 7.31. The predicted molar refractivity (Wildman–Crippen MR) is 68.0 cm³/mol. The van der Waals surface area contributed by atoms with E-state index in [1.54, 1.807) is 4.31 Å². The minimum absolute atomic E-state index is 0.239. The normalized spacial score (nSPS) is 26.5. The first-order chi connectivity index (χ1) is 8.17. The summed E-state index contributed by atoms with van der Waals surface area (Å²) in [4.78, 5) is 0. The second kappa shape index (κ2) is 3.85. The minimum atomic E-state index is -3.07. The van der Waals surface area contributed by atoms with Crippen molar-refractivity contribution in [2.24, 2.45) is 0 Å². The molecule has 1 saturated heterocycles. The molecule has 2 aliphatic rings. The number of nitrogens with one attached hydrogen (secondary N) is 1. The molecule has 1 aromatic carbocycles. The quantitative estimate of drug-likeness (QED) is 0.821. The number of benzene rings is 1. The van der Waals surface area contributed by atoms with Gasteiger partial charge in [-0.1, -0.05) is 24.3 Å². The summed E-state index contributed by atoms with van der Waals surface area (Å²) in [5.74, 6) is 0.265.